The van der Waals surface area contributed by atoms with E-state index in [0.29, 0.717) is 11.7 Å². The molecule has 3 atom stereocenters. The highest BCUT2D eigenvalue weighted by Crippen LogP contribution is 2.47. The van der Waals surface area contributed by atoms with E-state index < -0.39 is 0 Å². The molecular weight excluding hydrogens is 228 g/mol. The molecule has 1 amide bonds. The lowest BCUT2D eigenvalue weighted by atomic mass is 9.90. The number of nitrogens with one attached hydrogen (secondary N) is 1. The molecule has 3 rings (SSSR count). The molecule has 0 aliphatic heterocycles. The largest absolute Gasteiger partial charge is 0.456 e. The zero-order valence-electron chi connectivity index (χ0n) is 10.6. The standard InChI is InChI=1S/C14H18N2O2/c1-9-2-5-13(18-9)14(17)16-15-8-12-7-10-3-4-11(12)6-10/h2,5,8,10-12H,3-4,6-7H2,1H3,(H,16,17). The van der Waals surface area contributed by atoms with Crippen LogP contribution in [0.3, 0.4) is 0 Å². The molecule has 1 heterocycles. The van der Waals surface area contributed by atoms with Gasteiger partial charge in [-0.3, -0.25) is 4.79 Å². The zero-order chi connectivity index (χ0) is 12.5. The maximum absolute atomic E-state index is 11.7. The number of rotatable bonds is 3. The smallest absolute Gasteiger partial charge is 0.307 e. The number of carbonyl (C=O) groups excluding carboxylic acids is 1. The van der Waals surface area contributed by atoms with Crippen LogP contribution in [-0.2, 0) is 0 Å². The van der Waals surface area contributed by atoms with Crippen molar-refractivity contribution in [2.24, 2.45) is 22.9 Å². The summed E-state index contributed by atoms with van der Waals surface area (Å²) in [7, 11) is 0. The predicted molar refractivity (Wildman–Crippen MR) is 68.3 cm³/mol. The van der Waals surface area contributed by atoms with Crippen LogP contribution in [-0.4, -0.2) is 12.1 Å². The topological polar surface area (TPSA) is 54.6 Å². The third kappa shape index (κ3) is 2.19. The summed E-state index contributed by atoms with van der Waals surface area (Å²) in [6.45, 7) is 1.81. The van der Waals surface area contributed by atoms with Crippen molar-refractivity contribution in [2.75, 3.05) is 0 Å². The van der Waals surface area contributed by atoms with Crippen molar-refractivity contribution in [3.63, 3.8) is 0 Å². The molecule has 1 aromatic rings. The summed E-state index contributed by atoms with van der Waals surface area (Å²) >= 11 is 0. The van der Waals surface area contributed by atoms with Gasteiger partial charge in [0.25, 0.3) is 0 Å². The molecule has 0 radical (unpaired) electrons. The van der Waals surface area contributed by atoms with Crippen LogP contribution in [0.5, 0.6) is 0 Å². The van der Waals surface area contributed by atoms with Gasteiger partial charge in [-0.15, -0.1) is 0 Å². The van der Waals surface area contributed by atoms with Gasteiger partial charge in [-0.1, -0.05) is 6.42 Å². The van der Waals surface area contributed by atoms with Crippen LogP contribution in [0.4, 0.5) is 0 Å². The molecule has 2 bridgehead atoms. The Hall–Kier alpha value is -1.58. The first-order valence-corrected chi connectivity index (χ1v) is 6.62. The van der Waals surface area contributed by atoms with Crippen LogP contribution in [0.2, 0.25) is 0 Å². The fraction of sp³-hybridized carbons (Fsp3) is 0.571. The quantitative estimate of drug-likeness (QED) is 0.658. The molecule has 2 saturated carbocycles. The van der Waals surface area contributed by atoms with Crippen LogP contribution in [0, 0.1) is 24.7 Å². The molecule has 0 spiro atoms. The molecule has 3 unspecified atom stereocenters. The lowest BCUT2D eigenvalue weighted by Crippen LogP contribution is -2.19. The van der Waals surface area contributed by atoms with Crippen LogP contribution >= 0.6 is 0 Å². The van der Waals surface area contributed by atoms with Gasteiger partial charge in [-0.05, 0) is 56.1 Å². The number of aryl methyl sites for hydroxylation is 1. The first kappa shape index (κ1) is 11.5. The van der Waals surface area contributed by atoms with Crippen molar-refractivity contribution < 1.29 is 9.21 Å². The Labute approximate surface area is 106 Å². The summed E-state index contributed by atoms with van der Waals surface area (Å²) in [6, 6.07) is 3.44. The maximum Gasteiger partial charge on any atom is 0.307 e. The Balaban J connectivity index is 1.53. The summed E-state index contributed by atoms with van der Waals surface area (Å²) in [4.78, 5) is 11.7. The number of fused-ring (bicyclic) bond motifs is 2. The van der Waals surface area contributed by atoms with E-state index in [1.807, 2.05) is 13.1 Å². The van der Waals surface area contributed by atoms with E-state index in [0.717, 1.165) is 17.6 Å². The number of carbonyl (C=O) groups is 1. The second kappa shape index (κ2) is 4.59. The summed E-state index contributed by atoms with van der Waals surface area (Å²) < 4.78 is 5.23. The summed E-state index contributed by atoms with van der Waals surface area (Å²) in [5.41, 5.74) is 2.54. The molecule has 1 aromatic heterocycles. The third-order valence-electron chi connectivity index (χ3n) is 4.19. The Kier molecular flexibility index (Phi) is 2.94. The van der Waals surface area contributed by atoms with E-state index in [9.17, 15) is 4.79 Å². The van der Waals surface area contributed by atoms with Crippen molar-refractivity contribution >= 4 is 12.1 Å². The average molecular weight is 246 g/mol. The third-order valence-corrected chi connectivity index (χ3v) is 4.19. The molecule has 2 aliphatic rings. The van der Waals surface area contributed by atoms with Crippen molar-refractivity contribution in [1.29, 1.82) is 0 Å². The van der Waals surface area contributed by atoms with E-state index in [4.69, 9.17) is 4.42 Å². The molecule has 2 aliphatic carbocycles. The molecule has 4 heteroatoms. The van der Waals surface area contributed by atoms with Crippen molar-refractivity contribution in [3.8, 4) is 0 Å². The second-order valence-corrected chi connectivity index (χ2v) is 5.47. The number of amides is 1. The molecule has 18 heavy (non-hydrogen) atoms. The highest BCUT2D eigenvalue weighted by molar-refractivity contribution is 5.91. The minimum atomic E-state index is -0.275. The minimum absolute atomic E-state index is 0.275. The number of hydrazone groups is 1. The van der Waals surface area contributed by atoms with Crippen molar-refractivity contribution in [3.05, 3.63) is 23.7 Å². The Morgan fingerprint density at radius 1 is 1.44 bits per heavy atom. The van der Waals surface area contributed by atoms with Gasteiger partial charge < -0.3 is 4.42 Å². The molecule has 2 fully saturated rings. The van der Waals surface area contributed by atoms with E-state index in [2.05, 4.69) is 10.5 Å². The Morgan fingerprint density at radius 3 is 2.94 bits per heavy atom. The predicted octanol–water partition coefficient (Wildman–Crippen LogP) is 2.74. The van der Waals surface area contributed by atoms with Gasteiger partial charge in [-0.2, -0.15) is 5.10 Å². The molecule has 0 aromatic carbocycles. The van der Waals surface area contributed by atoms with Crippen molar-refractivity contribution in [1.82, 2.24) is 5.43 Å². The molecule has 4 nitrogen and oxygen atoms in total. The van der Waals surface area contributed by atoms with Crippen LogP contribution in [0.15, 0.2) is 21.7 Å². The van der Waals surface area contributed by atoms with Gasteiger partial charge >= 0.3 is 5.91 Å². The molecule has 96 valence electrons. The van der Waals surface area contributed by atoms with Gasteiger partial charge in [-0.25, -0.2) is 5.43 Å². The second-order valence-electron chi connectivity index (χ2n) is 5.47. The summed E-state index contributed by atoms with van der Waals surface area (Å²) in [5, 5.41) is 4.07. The van der Waals surface area contributed by atoms with E-state index in [-0.39, 0.29) is 5.91 Å². The first-order chi connectivity index (χ1) is 8.72. The highest BCUT2D eigenvalue weighted by atomic mass is 16.3. The van der Waals surface area contributed by atoms with E-state index in [1.165, 1.54) is 25.7 Å². The van der Waals surface area contributed by atoms with Gasteiger partial charge in [0.1, 0.15) is 5.76 Å². The normalized spacial score (nSPS) is 30.2. The molecule has 1 N–H and O–H groups in total. The van der Waals surface area contributed by atoms with Gasteiger partial charge in [0.15, 0.2) is 5.76 Å². The highest BCUT2D eigenvalue weighted by Gasteiger charge is 2.38. The average Bonchev–Trinajstić information content (AvgIpc) is 3.04. The summed E-state index contributed by atoms with van der Waals surface area (Å²) in [5.74, 6) is 3.02. The SMILES string of the molecule is Cc1ccc(C(=O)NN=CC2CC3CCC2C3)o1. The zero-order valence-corrected chi connectivity index (χ0v) is 10.6. The minimum Gasteiger partial charge on any atom is -0.456 e. The number of hydrogen-bond donors (Lipinski definition) is 1. The van der Waals surface area contributed by atoms with Gasteiger partial charge in [0.2, 0.25) is 0 Å². The Morgan fingerprint density at radius 2 is 2.33 bits per heavy atom. The lowest BCUT2D eigenvalue weighted by Gasteiger charge is -2.16. The van der Waals surface area contributed by atoms with Crippen LogP contribution in [0.25, 0.3) is 0 Å². The van der Waals surface area contributed by atoms with Gasteiger partial charge in [0, 0.05) is 6.21 Å². The lowest BCUT2D eigenvalue weighted by molar-refractivity contribution is 0.0926. The van der Waals surface area contributed by atoms with E-state index >= 15 is 0 Å². The van der Waals surface area contributed by atoms with Crippen LogP contribution < -0.4 is 5.43 Å². The fourth-order valence-corrected chi connectivity index (χ4v) is 3.28. The molecule has 0 saturated heterocycles. The molecular formula is C14H18N2O2. The number of furan rings is 1. The monoisotopic (exact) mass is 246 g/mol. The summed E-state index contributed by atoms with van der Waals surface area (Å²) in [6.07, 6.45) is 7.21. The van der Waals surface area contributed by atoms with Gasteiger partial charge in [0.05, 0.1) is 0 Å². The number of hydrogen-bond acceptors (Lipinski definition) is 3. The number of nitrogens with zero attached hydrogens (tertiary/aromatic N) is 1. The van der Waals surface area contributed by atoms with E-state index in [1.54, 1.807) is 12.1 Å². The van der Waals surface area contributed by atoms with Crippen molar-refractivity contribution in [2.45, 2.75) is 32.6 Å². The van der Waals surface area contributed by atoms with Crippen LogP contribution in [0.1, 0.15) is 42.0 Å². The first-order valence-electron chi connectivity index (χ1n) is 6.62. The Bertz CT molecular complexity index is 478. The maximum atomic E-state index is 11.7. The fourth-order valence-electron chi connectivity index (χ4n) is 3.28.